The number of rotatable bonds is 3. The minimum absolute atomic E-state index is 0.156. The molecule has 1 aliphatic rings. The summed E-state index contributed by atoms with van der Waals surface area (Å²) >= 11 is 0. The predicted octanol–water partition coefficient (Wildman–Crippen LogP) is 3.03. The molecule has 0 spiro atoms. The Labute approximate surface area is 118 Å². The summed E-state index contributed by atoms with van der Waals surface area (Å²) in [5.74, 6) is 1.14. The van der Waals surface area contributed by atoms with Crippen LogP contribution in [0.25, 0.3) is 0 Å². The predicted molar refractivity (Wildman–Crippen MR) is 80.8 cm³/mol. The molecule has 3 atom stereocenters. The van der Waals surface area contributed by atoms with Crippen LogP contribution in [0, 0.1) is 17.3 Å². The van der Waals surface area contributed by atoms with E-state index in [1.54, 1.807) is 0 Å². The molecule has 0 aromatic heterocycles. The van der Waals surface area contributed by atoms with Crippen molar-refractivity contribution in [2.75, 3.05) is 13.1 Å². The Bertz CT molecular complexity index is 296. The maximum Gasteiger partial charge on any atom is 0.239 e. The molecule has 1 fully saturated rings. The van der Waals surface area contributed by atoms with Crippen molar-refractivity contribution in [3.63, 3.8) is 0 Å². The molecule has 2 N–H and O–H groups in total. The second-order valence-corrected chi connectivity index (χ2v) is 7.23. The molecule has 1 saturated heterocycles. The second kappa shape index (κ2) is 6.74. The van der Waals surface area contributed by atoms with Crippen LogP contribution in [-0.4, -0.2) is 29.9 Å². The van der Waals surface area contributed by atoms with Gasteiger partial charge < -0.3 is 10.6 Å². The topological polar surface area (TPSA) is 46.3 Å². The first-order valence-electron chi connectivity index (χ1n) is 7.81. The van der Waals surface area contributed by atoms with Gasteiger partial charge in [-0.2, -0.15) is 0 Å². The summed E-state index contributed by atoms with van der Waals surface area (Å²) in [7, 11) is 0. The fraction of sp³-hybridized carbons (Fsp3) is 0.938. The van der Waals surface area contributed by atoms with Gasteiger partial charge in [0.15, 0.2) is 0 Å². The molecule has 1 amide bonds. The van der Waals surface area contributed by atoms with E-state index >= 15 is 0 Å². The molecule has 112 valence electrons. The van der Waals surface area contributed by atoms with E-state index in [1.807, 2.05) is 4.90 Å². The molecule has 0 radical (unpaired) electrons. The molecule has 0 saturated carbocycles. The molecule has 0 aliphatic carbocycles. The molecule has 0 bridgehead atoms. The van der Waals surface area contributed by atoms with Crippen LogP contribution >= 0.6 is 0 Å². The lowest BCUT2D eigenvalue weighted by atomic mass is 9.77. The summed E-state index contributed by atoms with van der Waals surface area (Å²) in [6.45, 7) is 12.8. The smallest absolute Gasteiger partial charge is 0.239 e. The number of nitrogens with zero attached hydrogens (tertiary/aromatic N) is 1. The molecule has 3 nitrogen and oxygen atoms in total. The van der Waals surface area contributed by atoms with E-state index in [0.29, 0.717) is 11.3 Å². The first kappa shape index (κ1) is 16.5. The van der Waals surface area contributed by atoms with Crippen LogP contribution in [0.3, 0.4) is 0 Å². The van der Waals surface area contributed by atoms with Gasteiger partial charge in [0, 0.05) is 13.1 Å². The fourth-order valence-electron chi connectivity index (χ4n) is 2.89. The monoisotopic (exact) mass is 268 g/mol. The SMILES string of the molecule is CCC(C)C(N)C(=O)N1CCCC(C(C)(C)C)CC1. The van der Waals surface area contributed by atoms with Crippen LogP contribution < -0.4 is 5.73 Å². The van der Waals surface area contributed by atoms with Crippen LogP contribution in [0.5, 0.6) is 0 Å². The molecule has 1 rings (SSSR count). The highest BCUT2D eigenvalue weighted by Crippen LogP contribution is 2.34. The summed E-state index contributed by atoms with van der Waals surface area (Å²) < 4.78 is 0. The zero-order valence-electron chi connectivity index (χ0n) is 13.4. The van der Waals surface area contributed by atoms with E-state index in [2.05, 4.69) is 34.6 Å². The van der Waals surface area contributed by atoms with Gasteiger partial charge in [-0.3, -0.25) is 4.79 Å². The van der Waals surface area contributed by atoms with Crippen LogP contribution in [0.1, 0.15) is 60.3 Å². The number of carbonyl (C=O) groups is 1. The number of amides is 1. The number of carbonyl (C=O) groups excluding carboxylic acids is 1. The Morgan fingerprint density at radius 1 is 1.32 bits per heavy atom. The largest absolute Gasteiger partial charge is 0.341 e. The van der Waals surface area contributed by atoms with E-state index < -0.39 is 0 Å². The number of likely N-dealkylation sites (tertiary alicyclic amines) is 1. The minimum Gasteiger partial charge on any atom is -0.341 e. The number of hydrogen-bond acceptors (Lipinski definition) is 2. The van der Waals surface area contributed by atoms with Gasteiger partial charge in [-0.15, -0.1) is 0 Å². The lowest BCUT2D eigenvalue weighted by Crippen LogP contribution is -2.47. The van der Waals surface area contributed by atoms with Crippen molar-refractivity contribution in [1.29, 1.82) is 0 Å². The lowest BCUT2D eigenvalue weighted by molar-refractivity contribution is -0.133. The van der Waals surface area contributed by atoms with Gasteiger partial charge in [0.1, 0.15) is 0 Å². The van der Waals surface area contributed by atoms with Crippen LogP contribution in [-0.2, 0) is 4.79 Å². The summed E-state index contributed by atoms with van der Waals surface area (Å²) in [4.78, 5) is 14.4. The van der Waals surface area contributed by atoms with Crippen LogP contribution in [0.4, 0.5) is 0 Å². The van der Waals surface area contributed by atoms with Gasteiger partial charge in [0.05, 0.1) is 6.04 Å². The van der Waals surface area contributed by atoms with Gasteiger partial charge in [-0.1, -0.05) is 41.0 Å². The maximum absolute atomic E-state index is 12.4. The lowest BCUT2D eigenvalue weighted by Gasteiger charge is -2.30. The third-order valence-electron chi connectivity index (χ3n) is 4.81. The van der Waals surface area contributed by atoms with Gasteiger partial charge in [0.2, 0.25) is 5.91 Å². The van der Waals surface area contributed by atoms with Crippen molar-refractivity contribution in [1.82, 2.24) is 4.90 Å². The van der Waals surface area contributed by atoms with Gasteiger partial charge >= 0.3 is 0 Å². The van der Waals surface area contributed by atoms with E-state index in [-0.39, 0.29) is 17.9 Å². The highest BCUT2D eigenvalue weighted by molar-refractivity contribution is 5.82. The van der Waals surface area contributed by atoms with Crippen molar-refractivity contribution in [2.24, 2.45) is 23.0 Å². The van der Waals surface area contributed by atoms with Gasteiger partial charge in [-0.05, 0) is 36.5 Å². The molecular weight excluding hydrogens is 236 g/mol. The van der Waals surface area contributed by atoms with Crippen LogP contribution in [0.2, 0.25) is 0 Å². The molecular formula is C16H32N2O. The summed E-state index contributed by atoms with van der Waals surface area (Å²) in [6, 6.07) is -0.323. The number of hydrogen-bond donors (Lipinski definition) is 1. The summed E-state index contributed by atoms with van der Waals surface area (Å²) in [5, 5.41) is 0. The Hall–Kier alpha value is -0.570. The van der Waals surface area contributed by atoms with Crippen molar-refractivity contribution in [2.45, 2.75) is 66.3 Å². The van der Waals surface area contributed by atoms with Crippen molar-refractivity contribution in [3.8, 4) is 0 Å². The normalized spacial score (nSPS) is 24.7. The molecule has 0 aromatic rings. The molecule has 0 aromatic carbocycles. The highest BCUT2D eigenvalue weighted by Gasteiger charge is 2.30. The van der Waals surface area contributed by atoms with E-state index in [1.165, 1.54) is 6.42 Å². The van der Waals surface area contributed by atoms with Crippen LogP contribution in [0.15, 0.2) is 0 Å². The molecule has 1 heterocycles. The van der Waals surface area contributed by atoms with E-state index in [4.69, 9.17) is 5.73 Å². The van der Waals surface area contributed by atoms with Crippen molar-refractivity contribution >= 4 is 5.91 Å². The zero-order chi connectivity index (χ0) is 14.6. The third kappa shape index (κ3) is 4.48. The molecule has 19 heavy (non-hydrogen) atoms. The first-order chi connectivity index (χ1) is 8.77. The van der Waals surface area contributed by atoms with Gasteiger partial charge in [0.25, 0.3) is 0 Å². The Balaban J connectivity index is 2.60. The Morgan fingerprint density at radius 3 is 2.47 bits per heavy atom. The quantitative estimate of drug-likeness (QED) is 0.855. The fourth-order valence-corrected chi connectivity index (χ4v) is 2.89. The molecule has 1 aliphatic heterocycles. The average Bonchev–Trinajstić information content (AvgIpc) is 2.61. The van der Waals surface area contributed by atoms with Crippen molar-refractivity contribution in [3.05, 3.63) is 0 Å². The van der Waals surface area contributed by atoms with E-state index in [0.717, 1.165) is 32.4 Å². The molecule has 3 heteroatoms. The van der Waals surface area contributed by atoms with Crippen molar-refractivity contribution < 1.29 is 4.79 Å². The Morgan fingerprint density at radius 2 is 1.95 bits per heavy atom. The average molecular weight is 268 g/mol. The number of nitrogens with two attached hydrogens (primary N) is 1. The van der Waals surface area contributed by atoms with E-state index in [9.17, 15) is 4.79 Å². The summed E-state index contributed by atoms with van der Waals surface area (Å²) in [5.41, 5.74) is 6.43. The first-order valence-corrected chi connectivity index (χ1v) is 7.81. The molecule has 3 unspecified atom stereocenters. The standard InChI is InChI=1S/C16H32N2O/c1-6-12(2)14(17)15(19)18-10-7-8-13(9-11-18)16(3,4)5/h12-14H,6-11,17H2,1-5H3. The third-order valence-corrected chi connectivity index (χ3v) is 4.81. The van der Waals surface area contributed by atoms with Gasteiger partial charge in [-0.25, -0.2) is 0 Å². The Kier molecular flexibility index (Phi) is 5.84. The second-order valence-electron chi connectivity index (χ2n) is 7.23. The zero-order valence-corrected chi connectivity index (χ0v) is 13.4. The highest BCUT2D eigenvalue weighted by atomic mass is 16.2. The summed E-state index contributed by atoms with van der Waals surface area (Å²) in [6.07, 6.45) is 4.42. The minimum atomic E-state index is -0.323. The maximum atomic E-state index is 12.4.